The predicted molar refractivity (Wildman–Crippen MR) is 140 cm³/mol. The van der Waals surface area contributed by atoms with Gasteiger partial charge >= 0.3 is 12.1 Å². The smallest absolute Gasteiger partial charge is 0.324 e. The second kappa shape index (κ2) is 12.0. The monoisotopic (exact) mass is 500 g/mol. The van der Waals surface area contributed by atoms with Gasteiger partial charge in [-0.1, -0.05) is 13.0 Å². The topological polar surface area (TPSA) is 74.4 Å². The predicted octanol–water partition coefficient (Wildman–Crippen LogP) is 5.58. The highest BCUT2D eigenvalue weighted by atomic mass is 32.1. The minimum absolute atomic E-state index is 0.0145. The van der Waals surface area contributed by atoms with Crippen LogP contribution in [-0.4, -0.2) is 67.7 Å². The van der Waals surface area contributed by atoms with Crippen LogP contribution in [-0.2, 0) is 6.54 Å². The molecule has 190 valence electrons. The molecule has 2 heterocycles. The molecule has 1 atom stereocenters. The zero-order chi connectivity index (χ0) is 25.5. The molecule has 35 heavy (non-hydrogen) atoms. The summed E-state index contributed by atoms with van der Waals surface area (Å²) in [5.41, 5.74) is 2.93. The van der Waals surface area contributed by atoms with Crippen molar-refractivity contribution in [3.63, 3.8) is 0 Å². The van der Waals surface area contributed by atoms with Gasteiger partial charge in [-0.15, -0.1) is 11.3 Å². The standard InChI is InChI=1S/C26H36N4O4S/c1-7-29(8-2)26(32)30-17-19-15-21(33-5)16-22(34-6)24(19)18(3)14-20(30)11-12-28(4)25(31)27-23-10-9-13-35-23/h9-10,13-16,18H,7-8,11-12,17H2,1-6H3,(H,27,31)/t18-/m0/s1. The molecule has 0 fully saturated rings. The molecule has 4 amide bonds. The summed E-state index contributed by atoms with van der Waals surface area (Å²) in [5.74, 6) is 1.45. The van der Waals surface area contributed by atoms with E-state index >= 15 is 0 Å². The third kappa shape index (κ3) is 6.08. The van der Waals surface area contributed by atoms with Crippen LogP contribution in [0.5, 0.6) is 11.5 Å². The molecule has 1 N–H and O–H groups in total. The van der Waals surface area contributed by atoms with Gasteiger partial charge in [-0.25, -0.2) is 9.59 Å². The number of anilines is 1. The summed E-state index contributed by atoms with van der Waals surface area (Å²) in [6.45, 7) is 8.17. The average molecular weight is 501 g/mol. The Morgan fingerprint density at radius 1 is 1.20 bits per heavy atom. The van der Waals surface area contributed by atoms with E-state index in [-0.39, 0.29) is 18.0 Å². The lowest BCUT2D eigenvalue weighted by Crippen LogP contribution is -2.42. The number of urea groups is 2. The first-order valence-corrected chi connectivity index (χ1v) is 12.8. The van der Waals surface area contributed by atoms with Crippen LogP contribution in [0.25, 0.3) is 0 Å². The van der Waals surface area contributed by atoms with Crippen molar-refractivity contribution in [3.8, 4) is 11.5 Å². The van der Waals surface area contributed by atoms with E-state index in [4.69, 9.17) is 9.47 Å². The number of carbonyl (C=O) groups is 2. The molecule has 2 aromatic rings. The van der Waals surface area contributed by atoms with Crippen molar-refractivity contribution in [1.29, 1.82) is 0 Å². The third-order valence-electron chi connectivity index (χ3n) is 6.30. The molecule has 0 spiro atoms. The maximum Gasteiger partial charge on any atom is 0.324 e. The zero-order valence-electron chi connectivity index (χ0n) is 21.5. The van der Waals surface area contributed by atoms with Gasteiger partial charge < -0.3 is 19.3 Å². The number of rotatable bonds is 8. The first-order chi connectivity index (χ1) is 16.8. The number of allylic oxidation sites excluding steroid dienone is 1. The summed E-state index contributed by atoms with van der Waals surface area (Å²) in [7, 11) is 5.04. The van der Waals surface area contributed by atoms with Crippen LogP contribution in [0.15, 0.2) is 41.4 Å². The number of amides is 4. The number of methoxy groups -OCH3 is 2. The molecule has 0 bridgehead atoms. The largest absolute Gasteiger partial charge is 0.497 e. The molecule has 0 saturated heterocycles. The Labute approximate surface area is 212 Å². The number of nitrogens with zero attached hydrogens (tertiary/aromatic N) is 3. The Balaban J connectivity index is 1.90. The molecular weight excluding hydrogens is 464 g/mol. The van der Waals surface area contributed by atoms with E-state index in [1.54, 1.807) is 26.2 Å². The van der Waals surface area contributed by atoms with Crippen molar-refractivity contribution in [3.05, 3.63) is 52.5 Å². The summed E-state index contributed by atoms with van der Waals surface area (Å²) in [6, 6.07) is 7.41. The van der Waals surface area contributed by atoms with Crippen LogP contribution >= 0.6 is 11.3 Å². The van der Waals surface area contributed by atoms with Crippen LogP contribution in [0.1, 0.15) is 44.2 Å². The van der Waals surface area contributed by atoms with Gasteiger partial charge in [0.05, 0.1) is 25.8 Å². The minimum atomic E-state index is -0.175. The lowest BCUT2D eigenvalue weighted by atomic mass is 9.94. The van der Waals surface area contributed by atoms with Crippen LogP contribution in [0, 0.1) is 0 Å². The van der Waals surface area contributed by atoms with Crippen LogP contribution in [0.3, 0.4) is 0 Å². The SMILES string of the molecule is CCN(CC)C(=O)N1Cc2cc(OC)cc(OC)c2[C@@H](C)C=C1CCN(C)C(=O)Nc1cccs1. The fraction of sp³-hybridized carbons (Fsp3) is 0.462. The number of benzene rings is 1. The van der Waals surface area contributed by atoms with Crippen molar-refractivity contribution >= 4 is 28.4 Å². The molecule has 1 aliphatic rings. The Bertz CT molecular complexity index is 1050. The van der Waals surface area contributed by atoms with Gasteiger partial charge in [0.15, 0.2) is 0 Å². The van der Waals surface area contributed by atoms with E-state index in [9.17, 15) is 9.59 Å². The quantitative estimate of drug-likeness (QED) is 0.513. The minimum Gasteiger partial charge on any atom is -0.497 e. The fourth-order valence-electron chi connectivity index (χ4n) is 4.33. The number of fused-ring (bicyclic) bond motifs is 1. The Morgan fingerprint density at radius 2 is 1.94 bits per heavy atom. The van der Waals surface area contributed by atoms with E-state index in [2.05, 4.69) is 18.3 Å². The Hall–Kier alpha value is -3.20. The van der Waals surface area contributed by atoms with Gasteiger partial charge in [0.1, 0.15) is 11.5 Å². The van der Waals surface area contributed by atoms with Gasteiger partial charge in [-0.05, 0) is 43.0 Å². The molecule has 9 heteroatoms. The molecule has 1 aromatic heterocycles. The molecule has 0 saturated carbocycles. The summed E-state index contributed by atoms with van der Waals surface area (Å²) < 4.78 is 11.2. The van der Waals surface area contributed by atoms with E-state index in [1.165, 1.54) is 11.3 Å². The number of thiophene rings is 1. The van der Waals surface area contributed by atoms with Crippen LogP contribution in [0.2, 0.25) is 0 Å². The van der Waals surface area contributed by atoms with E-state index < -0.39 is 0 Å². The molecule has 1 aromatic carbocycles. The first kappa shape index (κ1) is 26.4. The van der Waals surface area contributed by atoms with Gasteiger partial charge in [-0.2, -0.15) is 0 Å². The zero-order valence-corrected chi connectivity index (χ0v) is 22.3. The Morgan fingerprint density at radius 3 is 2.54 bits per heavy atom. The van der Waals surface area contributed by atoms with Gasteiger partial charge in [0, 0.05) is 56.3 Å². The molecular formula is C26H36N4O4S. The molecule has 3 rings (SSSR count). The van der Waals surface area contributed by atoms with E-state index in [0.717, 1.165) is 27.6 Å². The van der Waals surface area contributed by atoms with Crippen molar-refractivity contribution < 1.29 is 19.1 Å². The molecule has 1 aliphatic heterocycles. The fourth-order valence-corrected chi connectivity index (χ4v) is 4.94. The highest BCUT2D eigenvalue weighted by Crippen LogP contribution is 2.39. The third-order valence-corrected chi connectivity index (χ3v) is 7.08. The van der Waals surface area contributed by atoms with Crippen molar-refractivity contribution in [2.45, 2.75) is 39.7 Å². The number of hydrogen-bond acceptors (Lipinski definition) is 5. The number of nitrogens with one attached hydrogen (secondary N) is 1. The normalized spacial score (nSPS) is 15.0. The summed E-state index contributed by atoms with van der Waals surface area (Å²) in [4.78, 5) is 31.5. The highest BCUT2D eigenvalue weighted by molar-refractivity contribution is 7.14. The molecule has 8 nitrogen and oxygen atoms in total. The van der Waals surface area contributed by atoms with Crippen molar-refractivity contribution in [2.24, 2.45) is 0 Å². The Kier molecular flexibility index (Phi) is 9.03. The van der Waals surface area contributed by atoms with Crippen molar-refractivity contribution in [1.82, 2.24) is 14.7 Å². The first-order valence-electron chi connectivity index (χ1n) is 11.9. The van der Waals surface area contributed by atoms with E-state index in [0.29, 0.717) is 38.3 Å². The van der Waals surface area contributed by atoms with Gasteiger partial charge in [-0.3, -0.25) is 10.2 Å². The summed E-state index contributed by atoms with van der Waals surface area (Å²) in [6.07, 6.45) is 2.66. The lowest BCUT2D eigenvalue weighted by molar-refractivity contribution is 0.165. The lowest BCUT2D eigenvalue weighted by Gasteiger charge is -2.31. The second-order valence-electron chi connectivity index (χ2n) is 8.47. The van der Waals surface area contributed by atoms with Gasteiger partial charge in [0.2, 0.25) is 0 Å². The van der Waals surface area contributed by atoms with Gasteiger partial charge in [0.25, 0.3) is 0 Å². The summed E-state index contributed by atoms with van der Waals surface area (Å²) >= 11 is 1.48. The van der Waals surface area contributed by atoms with Crippen molar-refractivity contribution in [2.75, 3.05) is 46.2 Å². The average Bonchev–Trinajstić information content (AvgIpc) is 3.32. The highest BCUT2D eigenvalue weighted by Gasteiger charge is 2.30. The van der Waals surface area contributed by atoms with Crippen LogP contribution < -0.4 is 14.8 Å². The molecule has 0 radical (unpaired) electrons. The number of hydrogen-bond donors (Lipinski definition) is 1. The number of carbonyl (C=O) groups excluding carboxylic acids is 2. The number of ether oxygens (including phenoxy) is 2. The van der Waals surface area contributed by atoms with Crippen LogP contribution in [0.4, 0.5) is 14.6 Å². The van der Waals surface area contributed by atoms with E-state index in [1.807, 2.05) is 53.3 Å². The summed E-state index contributed by atoms with van der Waals surface area (Å²) in [5, 5.41) is 5.64. The second-order valence-corrected chi connectivity index (χ2v) is 9.42. The molecule has 0 unspecified atom stereocenters. The maximum atomic E-state index is 13.6. The molecule has 0 aliphatic carbocycles. The maximum absolute atomic E-state index is 13.6.